The minimum atomic E-state index is -0.224. The van der Waals surface area contributed by atoms with Crippen LogP contribution in [0.3, 0.4) is 0 Å². The summed E-state index contributed by atoms with van der Waals surface area (Å²) in [5, 5.41) is 0. The van der Waals surface area contributed by atoms with Gasteiger partial charge in [-0.25, -0.2) is 0 Å². The molecular weight excluding hydrogens is 226 g/mol. The van der Waals surface area contributed by atoms with Gasteiger partial charge in [-0.1, -0.05) is 26.7 Å². The first-order valence-corrected chi connectivity index (χ1v) is 6.88. The van der Waals surface area contributed by atoms with Crippen molar-refractivity contribution >= 4 is 5.78 Å². The van der Waals surface area contributed by atoms with Crippen LogP contribution in [-0.2, 0) is 6.42 Å². The van der Waals surface area contributed by atoms with Crippen molar-refractivity contribution in [1.29, 1.82) is 0 Å². The van der Waals surface area contributed by atoms with Crippen molar-refractivity contribution in [3.63, 3.8) is 0 Å². The second-order valence-electron chi connectivity index (χ2n) is 5.41. The summed E-state index contributed by atoms with van der Waals surface area (Å²) >= 11 is 0. The van der Waals surface area contributed by atoms with Gasteiger partial charge in [0.25, 0.3) is 5.56 Å². The summed E-state index contributed by atoms with van der Waals surface area (Å²) < 4.78 is 0. The van der Waals surface area contributed by atoms with Crippen LogP contribution in [-0.4, -0.2) is 10.8 Å². The standard InChI is InChI=1S/C15H21NO2/c1-3-12-7-8-13(15(18)16-12)14(17)11-6-4-5-10(2)9-11/h7-8,10-11H,3-6,9H2,1-2H3,(H,16,18). The lowest BCUT2D eigenvalue weighted by molar-refractivity contribution is 0.0866. The summed E-state index contributed by atoms with van der Waals surface area (Å²) in [4.78, 5) is 27.0. The highest BCUT2D eigenvalue weighted by Crippen LogP contribution is 2.30. The number of rotatable bonds is 3. The second kappa shape index (κ2) is 5.51. The fourth-order valence-corrected chi connectivity index (χ4v) is 2.81. The third-order valence-corrected chi connectivity index (χ3v) is 3.92. The molecule has 0 radical (unpaired) electrons. The first-order chi connectivity index (χ1) is 8.61. The maximum Gasteiger partial charge on any atom is 0.259 e. The number of aryl methyl sites for hydroxylation is 1. The van der Waals surface area contributed by atoms with Crippen molar-refractivity contribution < 1.29 is 4.79 Å². The number of nitrogens with one attached hydrogen (secondary N) is 1. The largest absolute Gasteiger partial charge is 0.326 e. The molecule has 1 fully saturated rings. The Balaban J connectivity index is 2.20. The smallest absolute Gasteiger partial charge is 0.259 e. The van der Waals surface area contributed by atoms with Crippen molar-refractivity contribution in [1.82, 2.24) is 4.98 Å². The maximum atomic E-state index is 12.3. The molecule has 2 unspecified atom stereocenters. The molecule has 0 saturated heterocycles. The fraction of sp³-hybridized carbons (Fsp3) is 0.600. The molecule has 98 valence electrons. The van der Waals surface area contributed by atoms with E-state index in [1.807, 2.05) is 13.0 Å². The highest BCUT2D eigenvalue weighted by molar-refractivity contribution is 5.97. The average Bonchev–Trinajstić information content (AvgIpc) is 2.37. The van der Waals surface area contributed by atoms with Gasteiger partial charge in [0, 0.05) is 11.6 Å². The van der Waals surface area contributed by atoms with Crippen LogP contribution >= 0.6 is 0 Å². The molecule has 3 nitrogen and oxygen atoms in total. The Hall–Kier alpha value is -1.38. The Morgan fingerprint density at radius 1 is 1.39 bits per heavy atom. The maximum absolute atomic E-state index is 12.3. The second-order valence-corrected chi connectivity index (χ2v) is 5.41. The normalized spacial score (nSPS) is 23.9. The lowest BCUT2D eigenvalue weighted by atomic mass is 9.79. The molecule has 1 aliphatic rings. The van der Waals surface area contributed by atoms with E-state index in [-0.39, 0.29) is 17.3 Å². The molecule has 1 heterocycles. The van der Waals surface area contributed by atoms with Crippen LogP contribution < -0.4 is 5.56 Å². The number of aromatic amines is 1. The van der Waals surface area contributed by atoms with Crippen molar-refractivity contribution in [3.05, 3.63) is 33.7 Å². The first-order valence-electron chi connectivity index (χ1n) is 6.88. The molecule has 2 atom stereocenters. The molecule has 1 aromatic rings. The van der Waals surface area contributed by atoms with E-state index in [4.69, 9.17) is 0 Å². The van der Waals surface area contributed by atoms with Crippen LogP contribution in [0.4, 0.5) is 0 Å². The minimum Gasteiger partial charge on any atom is -0.326 e. The zero-order valence-corrected chi connectivity index (χ0v) is 11.2. The van der Waals surface area contributed by atoms with Crippen molar-refractivity contribution in [2.75, 3.05) is 0 Å². The molecule has 1 aliphatic carbocycles. The van der Waals surface area contributed by atoms with Crippen LogP contribution in [0.15, 0.2) is 16.9 Å². The van der Waals surface area contributed by atoms with Gasteiger partial charge in [-0.2, -0.15) is 0 Å². The van der Waals surface area contributed by atoms with Crippen LogP contribution in [0, 0.1) is 11.8 Å². The van der Waals surface area contributed by atoms with Gasteiger partial charge in [-0.3, -0.25) is 9.59 Å². The van der Waals surface area contributed by atoms with E-state index in [2.05, 4.69) is 11.9 Å². The molecule has 1 aromatic heterocycles. The minimum absolute atomic E-state index is 0.0328. The summed E-state index contributed by atoms with van der Waals surface area (Å²) in [5.74, 6) is 0.675. The number of ketones is 1. The highest BCUT2D eigenvalue weighted by atomic mass is 16.1. The van der Waals surface area contributed by atoms with Gasteiger partial charge in [-0.05, 0) is 37.3 Å². The molecule has 0 aromatic carbocycles. The Labute approximate surface area is 108 Å². The fourth-order valence-electron chi connectivity index (χ4n) is 2.81. The van der Waals surface area contributed by atoms with Crippen LogP contribution in [0.5, 0.6) is 0 Å². The Morgan fingerprint density at radius 3 is 2.78 bits per heavy atom. The number of H-pyrrole nitrogens is 1. The zero-order valence-electron chi connectivity index (χ0n) is 11.2. The number of carbonyl (C=O) groups excluding carboxylic acids is 1. The highest BCUT2D eigenvalue weighted by Gasteiger charge is 2.27. The van der Waals surface area contributed by atoms with Crippen LogP contribution in [0.1, 0.15) is 55.6 Å². The molecule has 1 saturated carbocycles. The Morgan fingerprint density at radius 2 is 2.17 bits per heavy atom. The number of carbonyl (C=O) groups is 1. The van der Waals surface area contributed by atoms with Crippen LogP contribution in [0.2, 0.25) is 0 Å². The number of Topliss-reactive ketones (excluding diaryl/α,β-unsaturated/α-hetero) is 1. The topological polar surface area (TPSA) is 49.9 Å². The summed E-state index contributed by atoms with van der Waals surface area (Å²) in [7, 11) is 0. The SMILES string of the molecule is CCc1ccc(C(=O)C2CCCC(C)C2)c(=O)[nH]1. The van der Waals surface area contributed by atoms with Crippen molar-refractivity contribution in [3.8, 4) is 0 Å². The van der Waals surface area contributed by atoms with E-state index < -0.39 is 0 Å². The van der Waals surface area contributed by atoms with E-state index >= 15 is 0 Å². The molecule has 3 heteroatoms. The summed E-state index contributed by atoms with van der Waals surface area (Å²) in [6.45, 7) is 4.17. The first kappa shape index (κ1) is 13.1. The summed E-state index contributed by atoms with van der Waals surface area (Å²) in [5.41, 5.74) is 0.998. The molecule has 0 bridgehead atoms. The predicted octanol–water partition coefficient (Wildman–Crippen LogP) is 2.95. The van der Waals surface area contributed by atoms with E-state index in [9.17, 15) is 9.59 Å². The Kier molecular flexibility index (Phi) is 4.00. The zero-order chi connectivity index (χ0) is 13.1. The van der Waals surface area contributed by atoms with Crippen molar-refractivity contribution in [2.24, 2.45) is 11.8 Å². The van der Waals surface area contributed by atoms with Gasteiger partial charge in [0.1, 0.15) is 0 Å². The average molecular weight is 247 g/mol. The third-order valence-electron chi connectivity index (χ3n) is 3.92. The molecule has 2 rings (SSSR count). The lowest BCUT2D eigenvalue weighted by Gasteiger charge is -2.25. The molecule has 0 aliphatic heterocycles. The van der Waals surface area contributed by atoms with Gasteiger partial charge < -0.3 is 4.98 Å². The van der Waals surface area contributed by atoms with E-state index in [1.54, 1.807) is 6.07 Å². The number of aromatic nitrogens is 1. The van der Waals surface area contributed by atoms with Gasteiger partial charge in [0.2, 0.25) is 0 Å². The van der Waals surface area contributed by atoms with E-state index in [0.717, 1.165) is 31.4 Å². The van der Waals surface area contributed by atoms with Gasteiger partial charge in [-0.15, -0.1) is 0 Å². The predicted molar refractivity (Wildman–Crippen MR) is 71.9 cm³/mol. The molecule has 0 spiro atoms. The monoisotopic (exact) mass is 247 g/mol. The molecular formula is C15H21NO2. The van der Waals surface area contributed by atoms with Crippen molar-refractivity contribution in [2.45, 2.75) is 46.0 Å². The molecule has 0 amide bonds. The number of hydrogen-bond acceptors (Lipinski definition) is 2. The lowest BCUT2D eigenvalue weighted by Crippen LogP contribution is -2.27. The third kappa shape index (κ3) is 2.71. The van der Waals surface area contributed by atoms with E-state index in [0.29, 0.717) is 11.5 Å². The van der Waals surface area contributed by atoms with E-state index in [1.165, 1.54) is 6.42 Å². The Bertz CT molecular complexity index is 490. The number of pyridine rings is 1. The molecule has 1 N–H and O–H groups in total. The van der Waals surface area contributed by atoms with Gasteiger partial charge in [0.05, 0.1) is 5.56 Å². The number of hydrogen-bond donors (Lipinski definition) is 1. The van der Waals surface area contributed by atoms with Gasteiger partial charge >= 0.3 is 0 Å². The van der Waals surface area contributed by atoms with Gasteiger partial charge in [0.15, 0.2) is 5.78 Å². The molecule has 18 heavy (non-hydrogen) atoms. The van der Waals surface area contributed by atoms with Crippen LogP contribution in [0.25, 0.3) is 0 Å². The summed E-state index contributed by atoms with van der Waals surface area (Å²) in [6.07, 6.45) is 4.94. The summed E-state index contributed by atoms with van der Waals surface area (Å²) in [6, 6.07) is 3.54. The quantitative estimate of drug-likeness (QED) is 0.835.